The van der Waals surface area contributed by atoms with Gasteiger partial charge in [-0.1, -0.05) is 24.8 Å². The van der Waals surface area contributed by atoms with E-state index < -0.39 is 17.6 Å². The molecule has 0 bridgehead atoms. The van der Waals surface area contributed by atoms with E-state index >= 15 is 0 Å². The minimum absolute atomic E-state index is 0.0973. The van der Waals surface area contributed by atoms with Crippen molar-refractivity contribution in [3.05, 3.63) is 89.1 Å². The number of aromatic nitrogens is 4. The van der Waals surface area contributed by atoms with Crippen LogP contribution in [0, 0.1) is 11.8 Å². The molecule has 8 nitrogen and oxygen atoms in total. The second-order valence-electron chi connectivity index (χ2n) is 9.19. The Kier molecular flexibility index (Phi) is 7.58. The van der Waals surface area contributed by atoms with Crippen LogP contribution in [0.15, 0.2) is 61.3 Å². The zero-order valence-corrected chi connectivity index (χ0v) is 21.2. The highest BCUT2D eigenvalue weighted by Crippen LogP contribution is 2.33. The highest BCUT2D eigenvalue weighted by Gasteiger charge is 2.34. The molecule has 0 atom stereocenters. The molecule has 11 heteroatoms. The number of hydrogen-bond acceptors (Lipinski definition) is 6. The highest BCUT2D eigenvalue weighted by atomic mass is 19.4. The number of pyridine rings is 1. The number of piperazine rings is 1. The van der Waals surface area contributed by atoms with E-state index in [1.54, 1.807) is 41.3 Å². The molecule has 0 radical (unpaired) electrons. The SMILES string of the molecule is CCN1CCN(Cc2ccc(C(=O)Nc3cc(C#Cc4cnc5nccn5c4)ccn3)cc2C(F)(F)F)CC1. The number of rotatable bonds is 5. The van der Waals surface area contributed by atoms with Crippen molar-refractivity contribution in [3.8, 4) is 11.8 Å². The molecule has 0 saturated carbocycles. The number of imidazole rings is 1. The molecule has 0 unspecified atom stereocenters. The molecule has 1 aliphatic heterocycles. The summed E-state index contributed by atoms with van der Waals surface area (Å²) in [5, 5.41) is 2.58. The van der Waals surface area contributed by atoms with Crippen LogP contribution in [-0.2, 0) is 12.7 Å². The van der Waals surface area contributed by atoms with Crippen molar-refractivity contribution in [1.82, 2.24) is 29.2 Å². The van der Waals surface area contributed by atoms with Crippen LogP contribution in [-0.4, -0.2) is 67.8 Å². The van der Waals surface area contributed by atoms with Gasteiger partial charge in [-0.25, -0.2) is 15.0 Å². The van der Waals surface area contributed by atoms with Crippen LogP contribution in [0.5, 0.6) is 0 Å². The number of benzene rings is 1. The maximum absolute atomic E-state index is 13.9. The van der Waals surface area contributed by atoms with E-state index in [0.717, 1.165) is 25.7 Å². The first-order valence-corrected chi connectivity index (χ1v) is 12.5. The second kappa shape index (κ2) is 11.2. The predicted octanol–water partition coefficient (Wildman–Crippen LogP) is 3.93. The van der Waals surface area contributed by atoms with Crippen molar-refractivity contribution in [2.45, 2.75) is 19.6 Å². The van der Waals surface area contributed by atoms with E-state index in [2.05, 4.69) is 43.9 Å². The fraction of sp³-hybridized carbons (Fsp3) is 0.286. The standard InChI is InChI=1S/C28H26F3N7O/c1-2-36-11-13-37(14-12-36)19-23-6-5-22(16-24(23)28(29,30)31)26(39)35-25-15-20(7-8-32-25)3-4-21-17-34-27-33-9-10-38(27)18-21/h5-10,15-18H,2,11-14,19H2,1H3,(H,32,35,39). The maximum atomic E-state index is 13.9. The molecule has 1 fully saturated rings. The number of likely N-dealkylation sites (N-methyl/N-ethyl adjacent to an activating group) is 1. The number of carbonyl (C=O) groups is 1. The van der Waals surface area contributed by atoms with Crippen molar-refractivity contribution in [2.75, 3.05) is 38.0 Å². The summed E-state index contributed by atoms with van der Waals surface area (Å²) in [4.78, 5) is 29.6. The van der Waals surface area contributed by atoms with Crippen LogP contribution in [0.25, 0.3) is 5.78 Å². The molecule has 39 heavy (non-hydrogen) atoms. The van der Waals surface area contributed by atoms with Crippen LogP contribution in [0.4, 0.5) is 19.0 Å². The lowest BCUT2D eigenvalue weighted by Gasteiger charge is -2.34. The maximum Gasteiger partial charge on any atom is 0.416 e. The zero-order valence-electron chi connectivity index (χ0n) is 21.2. The summed E-state index contributed by atoms with van der Waals surface area (Å²) in [6.45, 7) is 6.23. The Balaban J connectivity index is 1.30. The number of halogens is 3. The second-order valence-corrected chi connectivity index (χ2v) is 9.19. The lowest BCUT2D eigenvalue weighted by Crippen LogP contribution is -2.45. The van der Waals surface area contributed by atoms with Crippen molar-refractivity contribution < 1.29 is 18.0 Å². The van der Waals surface area contributed by atoms with Gasteiger partial charge in [-0.3, -0.25) is 14.1 Å². The van der Waals surface area contributed by atoms with Gasteiger partial charge in [0.25, 0.3) is 5.91 Å². The molecule has 200 valence electrons. The van der Waals surface area contributed by atoms with Gasteiger partial charge in [0.05, 0.1) is 11.1 Å². The lowest BCUT2D eigenvalue weighted by atomic mass is 10.0. The molecule has 5 rings (SSSR count). The average Bonchev–Trinajstić information content (AvgIpc) is 3.40. The number of amides is 1. The average molecular weight is 534 g/mol. The number of alkyl halides is 3. The normalized spacial score (nSPS) is 14.7. The molecule has 0 spiro atoms. The largest absolute Gasteiger partial charge is 0.416 e. The van der Waals surface area contributed by atoms with Crippen LogP contribution in [0.2, 0.25) is 0 Å². The van der Waals surface area contributed by atoms with E-state index in [1.165, 1.54) is 18.3 Å². The van der Waals surface area contributed by atoms with Gasteiger partial charge in [-0.2, -0.15) is 13.2 Å². The monoisotopic (exact) mass is 533 g/mol. The molecular weight excluding hydrogens is 507 g/mol. The summed E-state index contributed by atoms with van der Waals surface area (Å²) in [5.41, 5.74) is 0.488. The van der Waals surface area contributed by atoms with Crippen molar-refractivity contribution in [1.29, 1.82) is 0 Å². The first kappa shape index (κ1) is 26.3. The Labute approximate surface area is 223 Å². The van der Waals surface area contributed by atoms with Gasteiger partial charge in [-0.05, 0) is 36.4 Å². The Morgan fingerprint density at radius 2 is 1.74 bits per heavy atom. The third-order valence-electron chi connectivity index (χ3n) is 6.58. The van der Waals surface area contributed by atoms with Gasteiger partial charge < -0.3 is 10.2 Å². The molecule has 4 aromatic rings. The van der Waals surface area contributed by atoms with Crippen LogP contribution in [0.3, 0.4) is 0 Å². The summed E-state index contributed by atoms with van der Waals surface area (Å²) in [6, 6.07) is 6.96. The molecule has 3 aromatic heterocycles. The summed E-state index contributed by atoms with van der Waals surface area (Å²) in [5.74, 6) is 6.03. The summed E-state index contributed by atoms with van der Waals surface area (Å²) in [7, 11) is 0. The smallest absolute Gasteiger partial charge is 0.307 e. The van der Waals surface area contributed by atoms with E-state index in [0.29, 0.717) is 30.0 Å². The van der Waals surface area contributed by atoms with E-state index in [-0.39, 0.29) is 23.5 Å². The number of fused-ring (bicyclic) bond motifs is 1. The molecule has 4 heterocycles. The van der Waals surface area contributed by atoms with Crippen molar-refractivity contribution in [2.24, 2.45) is 0 Å². The summed E-state index contributed by atoms with van der Waals surface area (Å²) >= 11 is 0. The van der Waals surface area contributed by atoms with Crippen LogP contribution < -0.4 is 5.32 Å². The van der Waals surface area contributed by atoms with E-state index in [1.807, 2.05) is 4.90 Å². The van der Waals surface area contributed by atoms with E-state index in [9.17, 15) is 18.0 Å². The molecule has 1 aromatic carbocycles. The van der Waals surface area contributed by atoms with Gasteiger partial charge in [0.1, 0.15) is 5.82 Å². The Bertz CT molecular complexity index is 1550. The molecule has 1 amide bonds. The van der Waals surface area contributed by atoms with Crippen LogP contribution in [0.1, 0.15) is 39.5 Å². The minimum atomic E-state index is -4.58. The summed E-state index contributed by atoms with van der Waals surface area (Å²) in [6.07, 6.45) is 3.68. The third kappa shape index (κ3) is 6.42. The van der Waals surface area contributed by atoms with Gasteiger partial charge in [0, 0.05) is 74.8 Å². The number of hydrogen-bond donors (Lipinski definition) is 1. The first-order valence-electron chi connectivity index (χ1n) is 12.5. The van der Waals surface area contributed by atoms with Gasteiger partial charge in [0.2, 0.25) is 5.78 Å². The first-order chi connectivity index (χ1) is 18.8. The van der Waals surface area contributed by atoms with Crippen molar-refractivity contribution in [3.63, 3.8) is 0 Å². The molecule has 1 N–H and O–H groups in total. The predicted molar refractivity (Wildman–Crippen MR) is 140 cm³/mol. The summed E-state index contributed by atoms with van der Waals surface area (Å²) < 4.78 is 43.6. The quantitative estimate of drug-likeness (QED) is 0.392. The number of nitrogens with zero attached hydrogens (tertiary/aromatic N) is 6. The lowest BCUT2D eigenvalue weighted by molar-refractivity contribution is -0.138. The van der Waals surface area contributed by atoms with Crippen LogP contribution >= 0.6 is 0 Å². The topological polar surface area (TPSA) is 78.7 Å². The van der Waals surface area contributed by atoms with E-state index in [4.69, 9.17) is 0 Å². The Hall–Kier alpha value is -4.27. The van der Waals surface area contributed by atoms with Gasteiger partial charge in [0.15, 0.2) is 0 Å². The number of anilines is 1. The molecular formula is C28H26F3N7O. The van der Waals surface area contributed by atoms with Gasteiger partial charge in [-0.15, -0.1) is 0 Å². The number of nitrogens with one attached hydrogen (secondary N) is 1. The molecule has 1 saturated heterocycles. The van der Waals surface area contributed by atoms with Crippen molar-refractivity contribution >= 4 is 17.5 Å². The Morgan fingerprint density at radius 3 is 2.51 bits per heavy atom. The minimum Gasteiger partial charge on any atom is -0.307 e. The Morgan fingerprint density at radius 1 is 0.974 bits per heavy atom. The highest BCUT2D eigenvalue weighted by molar-refractivity contribution is 6.04. The molecule has 1 aliphatic rings. The zero-order chi connectivity index (χ0) is 27.4. The fourth-order valence-corrected chi connectivity index (χ4v) is 4.41. The number of carbonyl (C=O) groups excluding carboxylic acids is 1. The molecule has 0 aliphatic carbocycles. The fourth-order valence-electron chi connectivity index (χ4n) is 4.41. The third-order valence-corrected chi connectivity index (χ3v) is 6.58. The van der Waals surface area contributed by atoms with Gasteiger partial charge >= 0.3 is 6.18 Å².